The Hall–Kier alpha value is -2.30. The topological polar surface area (TPSA) is 56.2 Å². The molecule has 2 heterocycles. The van der Waals surface area contributed by atoms with Gasteiger partial charge in [0.15, 0.2) is 5.82 Å². The monoisotopic (exact) mass is 285 g/mol. The van der Waals surface area contributed by atoms with Crippen molar-refractivity contribution >= 4 is 11.7 Å². The molecule has 3 rings (SSSR count). The Labute approximate surface area is 123 Å². The van der Waals surface area contributed by atoms with Gasteiger partial charge in [-0.2, -0.15) is 5.10 Å². The van der Waals surface area contributed by atoms with Crippen LogP contribution in [0.4, 0.5) is 5.82 Å². The van der Waals surface area contributed by atoms with E-state index in [2.05, 4.69) is 16.5 Å². The van der Waals surface area contributed by atoms with Crippen LogP contribution in [0.5, 0.6) is 5.75 Å². The molecule has 110 valence electrons. The zero-order valence-electron chi connectivity index (χ0n) is 12.5. The number of nitrogens with zero attached hydrogens (tertiary/aromatic N) is 2. The van der Waals surface area contributed by atoms with E-state index in [0.717, 1.165) is 29.0 Å². The van der Waals surface area contributed by atoms with Gasteiger partial charge in [0.25, 0.3) is 0 Å². The highest BCUT2D eigenvalue weighted by Crippen LogP contribution is 2.37. The van der Waals surface area contributed by atoms with Crippen LogP contribution in [-0.2, 0) is 11.3 Å². The third kappa shape index (κ3) is 2.39. The van der Waals surface area contributed by atoms with E-state index in [1.54, 1.807) is 7.11 Å². The van der Waals surface area contributed by atoms with Crippen molar-refractivity contribution in [1.29, 1.82) is 0 Å². The molecule has 1 N–H and O–H groups in total. The average molecular weight is 285 g/mol. The summed E-state index contributed by atoms with van der Waals surface area (Å²) in [6.45, 7) is 4.83. The van der Waals surface area contributed by atoms with Crippen LogP contribution < -0.4 is 10.1 Å². The van der Waals surface area contributed by atoms with Gasteiger partial charge in [0, 0.05) is 30.6 Å². The summed E-state index contributed by atoms with van der Waals surface area (Å²) in [6, 6.07) is 6.12. The van der Waals surface area contributed by atoms with Crippen molar-refractivity contribution in [1.82, 2.24) is 9.78 Å². The van der Waals surface area contributed by atoms with Crippen molar-refractivity contribution in [3.63, 3.8) is 0 Å². The van der Waals surface area contributed by atoms with Crippen molar-refractivity contribution in [2.75, 3.05) is 12.4 Å². The van der Waals surface area contributed by atoms with Gasteiger partial charge in [-0.05, 0) is 31.0 Å². The first-order valence-corrected chi connectivity index (χ1v) is 7.14. The maximum Gasteiger partial charge on any atom is 0.226 e. The Balaban J connectivity index is 2.06. The van der Waals surface area contributed by atoms with E-state index in [1.165, 1.54) is 0 Å². The molecule has 0 saturated carbocycles. The highest BCUT2D eigenvalue weighted by Gasteiger charge is 2.29. The summed E-state index contributed by atoms with van der Waals surface area (Å²) in [5.74, 6) is 1.57. The van der Waals surface area contributed by atoms with Crippen LogP contribution in [0.15, 0.2) is 24.4 Å². The second-order valence-corrected chi connectivity index (χ2v) is 5.32. The first-order chi connectivity index (χ1) is 10.1. The number of aromatic nitrogens is 2. The molecule has 0 saturated heterocycles. The lowest BCUT2D eigenvalue weighted by molar-refractivity contribution is -0.116. The molecule has 1 atom stereocenters. The Bertz CT molecular complexity index is 691. The molecule has 0 spiro atoms. The van der Waals surface area contributed by atoms with Gasteiger partial charge in [0.05, 0.1) is 7.11 Å². The van der Waals surface area contributed by atoms with E-state index < -0.39 is 0 Å². The summed E-state index contributed by atoms with van der Waals surface area (Å²) in [6.07, 6.45) is 2.46. The van der Waals surface area contributed by atoms with E-state index >= 15 is 0 Å². The molecule has 0 aliphatic carbocycles. The number of rotatable bonds is 3. The molecule has 5 nitrogen and oxygen atoms in total. The van der Waals surface area contributed by atoms with Gasteiger partial charge in [-0.15, -0.1) is 0 Å². The number of carbonyl (C=O) groups is 1. The van der Waals surface area contributed by atoms with Gasteiger partial charge >= 0.3 is 0 Å². The first kappa shape index (κ1) is 13.7. The first-order valence-electron chi connectivity index (χ1n) is 7.14. The second-order valence-electron chi connectivity index (χ2n) is 5.32. The van der Waals surface area contributed by atoms with E-state index in [9.17, 15) is 4.79 Å². The predicted octanol–water partition coefficient (Wildman–Crippen LogP) is 2.69. The molecule has 2 aromatic rings. The smallest absolute Gasteiger partial charge is 0.226 e. The van der Waals surface area contributed by atoms with Crippen molar-refractivity contribution < 1.29 is 9.53 Å². The molecule has 0 fully saturated rings. The molecule has 1 unspecified atom stereocenters. The molecule has 0 bridgehead atoms. The highest BCUT2D eigenvalue weighted by atomic mass is 16.5. The van der Waals surface area contributed by atoms with Crippen LogP contribution >= 0.6 is 0 Å². The molecule has 1 aromatic carbocycles. The summed E-state index contributed by atoms with van der Waals surface area (Å²) >= 11 is 0. The molecule has 1 aliphatic rings. The molecule has 1 aromatic heterocycles. The lowest BCUT2D eigenvalue weighted by Crippen LogP contribution is -2.23. The van der Waals surface area contributed by atoms with Crippen LogP contribution in [0.25, 0.3) is 0 Å². The maximum atomic E-state index is 11.9. The van der Waals surface area contributed by atoms with E-state index in [1.807, 2.05) is 36.9 Å². The third-order valence-corrected chi connectivity index (χ3v) is 3.97. The number of carbonyl (C=O) groups excluding carboxylic acids is 1. The van der Waals surface area contributed by atoms with E-state index in [4.69, 9.17) is 4.74 Å². The predicted molar refractivity (Wildman–Crippen MR) is 80.7 cm³/mol. The number of anilines is 1. The van der Waals surface area contributed by atoms with Crippen molar-refractivity contribution in [3.8, 4) is 5.75 Å². The molecule has 0 radical (unpaired) electrons. The minimum Gasteiger partial charge on any atom is -0.496 e. The number of aryl methyl sites for hydroxylation is 2. The zero-order valence-corrected chi connectivity index (χ0v) is 12.5. The normalized spacial score (nSPS) is 17.3. The second kappa shape index (κ2) is 5.24. The molecule has 1 aliphatic heterocycles. The minimum absolute atomic E-state index is 0.00777. The molecule has 21 heavy (non-hydrogen) atoms. The van der Waals surface area contributed by atoms with Gasteiger partial charge in [-0.3, -0.25) is 9.48 Å². The quantitative estimate of drug-likeness (QED) is 0.943. The standard InChI is InChI=1S/C16H19N3O2/c1-4-19-9-13-12(8-15(20)17-16(13)18-19)11-6-5-10(2)14(7-11)21-3/h5-7,9,12H,4,8H2,1-3H3,(H,17,18,20). The summed E-state index contributed by atoms with van der Waals surface area (Å²) in [4.78, 5) is 11.9. The van der Waals surface area contributed by atoms with Crippen LogP contribution in [0.1, 0.15) is 36.0 Å². The van der Waals surface area contributed by atoms with Gasteiger partial charge in [0.2, 0.25) is 5.91 Å². The fourth-order valence-electron chi connectivity index (χ4n) is 2.78. The largest absolute Gasteiger partial charge is 0.496 e. The van der Waals surface area contributed by atoms with Crippen LogP contribution in [0.3, 0.4) is 0 Å². The number of nitrogens with one attached hydrogen (secondary N) is 1. The Kier molecular flexibility index (Phi) is 3.41. The number of methoxy groups -OCH3 is 1. The van der Waals surface area contributed by atoms with Crippen molar-refractivity contribution in [2.24, 2.45) is 0 Å². The van der Waals surface area contributed by atoms with Crippen LogP contribution in [0, 0.1) is 6.92 Å². The summed E-state index contributed by atoms with van der Waals surface area (Å²) in [7, 11) is 1.67. The number of hydrogen-bond acceptors (Lipinski definition) is 3. The highest BCUT2D eigenvalue weighted by molar-refractivity contribution is 5.94. The van der Waals surface area contributed by atoms with Gasteiger partial charge in [-0.25, -0.2) is 0 Å². The van der Waals surface area contributed by atoms with Crippen molar-refractivity contribution in [3.05, 3.63) is 41.1 Å². The SMILES string of the molecule is CCn1cc2c(n1)NC(=O)CC2c1ccc(C)c(OC)c1. The number of amides is 1. The fourth-order valence-corrected chi connectivity index (χ4v) is 2.78. The number of benzene rings is 1. The van der Waals surface area contributed by atoms with E-state index in [-0.39, 0.29) is 11.8 Å². The summed E-state index contributed by atoms with van der Waals surface area (Å²) < 4.78 is 7.25. The maximum absolute atomic E-state index is 11.9. The van der Waals surface area contributed by atoms with Gasteiger partial charge in [0.1, 0.15) is 5.75 Å². The molecular weight excluding hydrogens is 266 g/mol. The van der Waals surface area contributed by atoms with E-state index in [0.29, 0.717) is 12.2 Å². The summed E-state index contributed by atoms with van der Waals surface area (Å²) in [5.41, 5.74) is 3.25. The minimum atomic E-state index is 0.00777. The lowest BCUT2D eigenvalue weighted by atomic mass is 9.87. The number of fused-ring (bicyclic) bond motifs is 1. The Morgan fingerprint density at radius 3 is 3.00 bits per heavy atom. The van der Waals surface area contributed by atoms with Gasteiger partial charge < -0.3 is 10.1 Å². The molecular formula is C16H19N3O2. The fraction of sp³-hybridized carbons (Fsp3) is 0.375. The Morgan fingerprint density at radius 1 is 1.48 bits per heavy atom. The van der Waals surface area contributed by atoms with Crippen molar-refractivity contribution in [2.45, 2.75) is 32.7 Å². The molecule has 1 amide bonds. The Morgan fingerprint density at radius 2 is 2.29 bits per heavy atom. The number of hydrogen-bond donors (Lipinski definition) is 1. The lowest BCUT2D eigenvalue weighted by Gasteiger charge is -2.22. The average Bonchev–Trinajstić information content (AvgIpc) is 2.89. The van der Waals surface area contributed by atoms with Crippen LogP contribution in [-0.4, -0.2) is 22.8 Å². The summed E-state index contributed by atoms with van der Waals surface area (Å²) in [5, 5.41) is 7.26. The van der Waals surface area contributed by atoms with Gasteiger partial charge in [-0.1, -0.05) is 12.1 Å². The van der Waals surface area contributed by atoms with Crippen LogP contribution in [0.2, 0.25) is 0 Å². The third-order valence-electron chi connectivity index (χ3n) is 3.97. The zero-order chi connectivity index (χ0) is 15.0. The number of ether oxygens (including phenoxy) is 1. The molecule has 5 heteroatoms.